The van der Waals surface area contributed by atoms with E-state index in [1.165, 1.54) is 39.8 Å². The second kappa shape index (κ2) is 11.2. The number of nitrogen functional groups attached to an aromatic ring is 1. The van der Waals surface area contributed by atoms with Crippen molar-refractivity contribution in [3.8, 4) is 0 Å². The number of rotatable bonds is 9. The van der Waals surface area contributed by atoms with Gasteiger partial charge in [-0.2, -0.15) is 0 Å². The zero-order valence-electron chi connectivity index (χ0n) is 19.1. The molecule has 1 aliphatic carbocycles. The summed E-state index contributed by atoms with van der Waals surface area (Å²) in [5.74, 6) is -1.58. The normalized spacial score (nSPS) is 23.5. The van der Waals surface area contributed by atoms with Gasteiger partial charge in [-0.3, -0.25) is 14.5 Å². The molecule has 0 aromatic carbocycles. The summed E-state index contributed by atoms with van der Waals surface area (Å²) in [5, 5.41) is 25.7. The molecule has 5 rings (SSSR count). The topological polar surface area (TPSA) is 173 Å². The fourth-order valence-electron chi connectivity index (χ4n) is 3.97. The average molecular weight is 580 g/mol. The van der Waals surface area contributed by atoms with Crippen molar-refractivity contribution >= 4 is 74.8 Å². The van der Waals surface area contributed by atoms with E-state index >= 15 is 0 Å². The van der Waals surface area contributed by atoms with Crippen molar-refractivity contribution in [3.63, 3.8) is 0 Å². The summed E-state index contributed by atoms with van der Waals surface area (Å²) in [7, 11) is 0. The van der Waals surface area contributed by atoms with Crippen LogP contribution < -0.4 is 11.1 Å². The molecule has 2 aromatic rings. The molecule has 16 heteroatoms. The smallest absolute Gasteiger partial charge is 0.352 e. The maximum atomic E-state index is 13.2. The van der Waals surface area contributed by atoms with Crippen LogP contribution in [0.4, 0.5) is 5.13 Å². The van der Waals surface area contributed by atoms with Gasteiger partial charge in [0.05, 0.1) is 0 Å². The van der Waals surface area contributed by atoms with Crippen LogP contribution in [0.3, 0.4) is 0 Å². The fourth-order valence-corrected chi connectivity index (χ4v) is 7.49. The molecule has 37 heavy (non-hydrogen) atoms. The minimum Gasteiger partial charge on any atom is -0.477 e. The van der Waals surface area contributed by atoms with E-state index in [0.29, 0.717) is 21.4 Å². The van der Waals surface area contributed by atoms with Gasteiger partial charge in [-0.15, -0.1) is 33.3 Å². The number of hydrogen-bond acceptors (Lipinski definition) is 13. The van der Waals surface area contributed by atoms with Gasteiger partial charge < -0.3 is 21.0 Å². The quantitative estimate of drug-likeness (QED) is 0.130. The zero-order valence-corrected chi connectivity index (χ0v) is 22.4. The molecule has 2 aromatic heterocycles. The molecule has 2 amide bonds. The first kappa shape index (κ1) is 25.7. The van der Waals surface area contributed by atoms with Gasteiger partial charge in [-0.25, -0.2) is 9.78 Å². The molecule has 0 bridgehead atoms. The lowest BCUT2D eigenvalue weighted by Crippen LogP contribution is -2.71. The van der Waals surface area contributed by atoms with E-state index < -0.39 is 29.2 Å². The third-order valence-corrected chi connectivity index (χ3v) is 9.68. The lowest BCUT2D eigenvalue weighted by atomic mass is 10.0. The van der Waals surface area contributed by atoms with Gasteiger partial charge in [0.25, 0.3) is 11.8 Å². The predicted octanol–water partition coefficient (Wildman–Crippen LogP) is 1.94. The monoisotopic (exact) mass is 579 g/mol. The Labute approximate surface area is 227 Å². The van der Waals surface area contributed by atoms with Gasteiger partial charge in [0.2, 0.25) is 0 Å². The largest absolute Gasteiger partial charge is 0.477 e. The number of nitrogens with one attached hydrogen (secondary N) is 1. The number of amides is 2. The van der Waals surface area contributed by atoms with Crippen LogP contribution in [0.25, 0.3) is 0 Å². The Bertz CT molecular complexity index is 1290. The first-order chi connectivity index (χ1) is 17.9. The number of carboxylic acids is 1. The van der Waals surface area contributed by atoms with Crippen LogP contribution in [0.5, 0.6) is 0 Å². The minimum absolute atomic E-state index is 0.0511. The molecule has 194 valence electrons. The van der Waals surface area contributed by atoms with E-state index in [2.05, 4.69) is 25.7 Å². The van der Waals surface area contributed by atoms with Gasteiger partial charge in [0.15, 0.2) is 15.2 Å². The van der Waals surface area contributed by atoms with Gasteiger partial charge in [-0.1, -0.05) is 34.3 Å². The van der Waals surface area contributed by atoms with Gasteiger partial charge in [0.1, 0.15) is 34.4 Å². The number of β-lactam (4-membered cyclic amide) rings is 1. The Morgan fingerprint density at radius 2 is 2.24 bits per heavy atom. The molecule has 0 spiro atoms. The second-order valence-electron chi connectivity index (χ2n) is 8.13. The summed E-state index contributed by atoms with van der Waals surface area (Å²) in [4.78, 5) is 49.3. The molecule has 2 aliphatic heterocycles. The van der Waals surface area contributed by atoms with E-state index in [1.807, 2.05) is 12.2 Å². The first-order valence-electron chi connectivity index (χ1n) is 11.1. The Morgan fingerprint density at radius 3 is 2.92 bits per heavy atom. The standard InChI is InChI=1S/C21H21N7O5S4/c22-20-24-12(8-35-20)13(27-33-11-4-2-1-3-5-11)16(29)25-14-17(30)28-15(19(31)32)10(6-34-18(14)28)7-36-21-26-23-9-37-21/h2,4,8-9,11,14,18H,1,3,5-7H2,(H2,22,24)(H,25,29)(H,31,32)/t11?,14?,18-/m0/s1. The number of hydrogen-bond donors (Lipinski definition) is 3. The van der Waals surface area contributed by atoms with Gasteiger partial charge in [0, 0.05) is 16.9 Å². The van der Waals surface area contributed by atoms with Crippen molar-refractivity contribution in [2.45, 2.75) is 41.1 Å². The van der Waals surface area contributed by atoms with Gasteiger partial charge >= 0.3 is 5.97 Å². The second-order valence-corrected chi connectivity index (χ2v) is 12.2. The molecule has 4 heterocycles. The fraction of sp³-hybridized carbons (Fsp3) is 0.381. The van der Waals surface area contributed by atoms with E-state index in [1.54, 1.807) is 10.9 Å². The summed E-state index contributed by atoms with van der Waals surface area (Å²) in [6, 6.07) is -0.917. The number of oxime groups is 1. The number of anilines is 1. The summed E-state index contributed by atoms with van der Waals surface area (Å²) in [5.41, 5.74) is 8.05. The summed E-state index contributed by atoms with van der Waals surface area (Å²) >= 11 is 5.27. The highest BCUT2D eigenvalue weighted by Gasteiger charge is 2.54. The maximum Gasteiger partial charge on any atom is 0.352 e. The van der Waals surface area contributed by atoms with E-state index in [9.17, 15) is 19.5 Å². The van der Waals surface area contributed by atoms with Crippen LogP contribution in [-0.4, -0.2) is 77.7 Å². The van der Waals surface area contributed by atoms with E-state index in [-0.39, 0.29) is 28.3 Å². The lowest BCUT2D eigenvalue weighted by molar-refractivity contribution is -0.150. The molecule has 4 N–H and O–H groups in total. The molecule has 1 saturated heterocycles. The third-order valence-electron chi connectivity index (χ3n) is 5.72. The van der Waals surface area contributed by atoms with Crippen molar-refractivity contribution in [3.05, 3.63) is 40.0 Å². The van der Waals surface area contributed by atoms with Crippen molar-refractivity contribution in [1.29, 1.82) is 0 Å². The molecular formula is C21H21N7O5S4. The third kappa shape index (κ3) is 5.51. The number of carbonyl (C=O) groups excluding carboxylic acids is 2. The first-order valence-corrected chi connectivity index (χ1v) is 14.9. The lowest BCUT2D eigenvalue weighted by Gasteiger charge is -2.49. The van der Waals surface area contributed by atoms with Crippen LogP contribution in [-0.2, 0) is 19.2 Å². The average Bonchev–Trinajstić information content (AvgIpc) is 3.58. The molecule has 2 unspecified atom stereocenters. The summed E-state index contributed by atoms with van der Waals surface area (Å²) < 4.78 is 0.713. The highest BCUT2D eigenvalue weighted by atomic mass is 32.2. The van der Waals surface area contributed by atoms with Crippen LogP contribution in [0.1, 0.15) is 25.0 Å². The summed E-state index contributed by atoms with van der Waals surface area (Å²) in [6.07, 6.45) is 6.32. The number of carboxylic acid groups (broad SMARTS) is 1. The zero-order chi connectivity index (χ0) is 25.9. The molecule has 0 radical (unpaired) electrons. The Hall–Kier alpha value is -2.95. The molecule has 1 fully saturated rings. The molecule has 3 aliphatic rings. The van der Waals surface area contributed by atoms with Crippen LogP contribution >= 0.6 is 46.2 Å². The molecular weight excluding hydrogens is 559 g/mol. The van der Waals surface area contributed by atoms with Crippen molar-refractivity contribution < 1.29 is 24.3 Å². The number of thiazole rings is 1. The van der Waals surface area contributed by atoms with Crippen LogP contribution in [0.15, 0.2) is 43.8 Å². The predicted molar refractivity (Wildman–Crippen MR) is 141 cm³/mol. The SMILES string of the molecule is Nc1nc(C(=NOC2C=CCCC2)C(=O)NC2C(=O)N3C(C(=O)O)=C(CSc4nncs4)CS[C@@H]23)cs1. The molecule has 0 saturated carbocycles. The number of thioether (sulfide) groups is 2. The number of carbonyl (C=O) groups is 3. The van der Waals surface area contributed by atoms with E-state index in [4.69, 9.17) is 10.6 Å². The highest BCUT2D eigenvalue weighted by Crippen LogP contribution is 2.41. The van der Waals surface area contributed by atoms with Crippen LogP contribution in [0.2, 0.25) is 0 Å². The number of allylic oxidation sites excluding steroid dienone is 1. The highest BCUT2D eigenvalue weighted by molar-refractivity contribution is 8.01. The number of aromatic nitrogens is 3. The molecule has 3 atom stereocenters. The van der Waals surface area contributed by atoms with E-state index in [0.717, 1.165) is 30.6 Å². The van der Waals surface area contributed by atoms with Crippen molar-refractivity contribution in [2.75, 3.05) is 17.2 Å². The van der Waals surface area contributed by atoms with Crippen molar-refractivity contribution in [1.82, 2.24) is 25.4 Å². The number of nitrogens with zero attached hydrogens (tertiary/aromatic N) is 5. The number of nitrogens with two attached hydrogens (primary N) is 1. The van der Waals surface area contributed by atoms with Gasteiger partial charge in [-0.05, 0) is 30.9 Å². The minimum atomic E-state index is -1.19. The number of aliphatic carboxylic acids is 1. The molecule has 12 nitrogen and oxygen atoms in total. The number of fused-ring (bicyclic) bond motifs is 1. The Balaban J connectivity index is 1.31. The Kier molecular flexibility index (Phi) is 7.78. The van der Waals surface area contributed by atoms with Crippen molar-refractivity contribution in [2.24, 2.45) is 5.16 Å². The maximum absolute atomic E-state index is 13.2. The Morgan fingerprint density at radius 1 is 1.38 bits per heavy atom. The summed E-state index contributed by atoms with van der Waals surface area (Å²) in [6.45, 7) is 0. The van der Waals surface area contributed by atoms with Crippen LogP contribution in [0, 0.1) is 0 Å².